The number of nitrogens with zero attached hydrogens (tertiary/aromatic N) is 1. The summed E-state index contributed by atoms with van der Waals surface area (Å²) in [4.78, 5) is 2.48. The molecule has 112 valence electrons. The van der Waals surface area contributed by atoms with E-state index in [1.165, 1.54) is 0 Å². The van der Waals surface area contributed by atoms with Crippen LogP contribution < -0.4 is 15.4 Å². The predicted octanol–water partition coefficient (Wildman–Crippen LogP) is 1.30. The zero-order valence-electron chi connectivity index (χ0n) is 12.1. The van der Waals surface area contributed by atoms with Crippen molar-refractivity contribution in [3.63, 3.8) is 0 Å². The van der Waals surface area contributed by atoms with E-state index in [2.05, 4.69) is 16.5 Å². The summed E-state index contributed by atoms with van der Waals surface area (Å²) in [5.74, 6) is 0. The summed E-state index contributed by atoms with van der Waals surface area (Å²) in [6.07, 6.45) is 2.11. The van der Waals surface area contributed by atoms with E-state index >= 15 is 0 Å². The Morgan fingerprint density at radius 2 is 1.85 bits per heavy atom. The maximum absolute atomic E-state index is 11.8. The van der Waals surface area contributed by atoms with E-state index in [9.17, 15) is 8.42 Å². The largest absolute Gasteiger partial charge is 0.368 e. The molecule has 1 aliphatic rings. The first-order valence-corrected chi connectivity index (χ1v) is 8.52. The Kier molecular flexibility index (Phi) is 4.36. The summed E-state index contributed by atoms with van der Waals surface area (Å²) in [7, 11) is -3.37. The van der Waals surface area contributed by atoms with E-state index in [-0.39, 0.29) is 5.54 Å². The van der Waals surface area contributed by atoms with E-state index in [0.29, 0.717) is 11.4 Å². The minimum atomic E-state index is -3.37. The van der Waals surface area contributed by atoms with Gasteiger partial charge in [0.2, 0.25) is 10.0 Å². The van der Waals surface area contributed by atoms with Gasteiger partial charge in [-0.05, 0) is 30.7 Å². The normalized spacial score (nSPS) is 17.9. The van der Waals surface area contributed by atoms with Crippen molar-refractivity contribution in [3.05, 3.63) is 24.3 Å². The lowest BCUT2D eigenvalue weighted by Crippen LogP contribution is -2.67. The molecule has 0 spiro atoms. The average molecular weight is 297 g/mol. The molecule has 0 aliphatic carbocycles. The number of sulfonamides is 1. The van der Waals surface area contributed by atoms with Gasteiger partial charge in [0.1, 0.15) is 0 Å². The Bertz CT molecular complexity index is 548. The fraction of sp³-hybridized carbons (Fsp3) is 0.571. The summed E-state index contributed by atoms with van der Waals surface area (Å²) in [5, 5.41) is 0. The third-order valence-corrected chi connectivity index (χ3v) is 5.17. The van der Waals surface area contributed by atoms with Crippen LogP contribution in [0.25, 0.3) is 0 Å². The first-order chi connectivity index (χ1) is 9.40. The molecule has 2 rings (SSSR count). The van der Waals surface area contributed by atoms with E-state index < -0.39 is 10.0 Å². The maximum atomic E-state index is 11.8. The first-order valence-electron chi connectivity index (χ1n) is 7.04. The van der Waals surface area contributed by atoms with Crippen molar-refractivity contribution in [1.82, 2.24) is 4.72 Å². The molecule has 0 radical (unpaired) electrons. The molecule has 1 fully saturated rings. The monoisotopic (exact) mass is 297 g/mol. The Balaban J connectivity index is 2.04. The highest BCUT2D eigenvalue weighted by Crippen LogP contribution is 2.29. The molecule has 0 unspecified atom stereocenters. The van der Waals surface area contributed by atoms with Crippen LogP contribution >= 0.6 is 0 Å². The molecule has 0 atom stereocenters. The third kappa shape index (κ3) is 3.13. The van der Waals surface area contributed by atoms with Crippen molar-refractivity contribution >= 4 is 15.7 Å². The second-order valence-corrected chi connectivity index (χ2v) is 7.23. The van der Waals surface area contributed by atoms with Crippen LogP contribution in [0.4, 0.5) is 5.69 Å². The van der Waals surface area contributed by atoms with Crippen LogP contribution in [0.3, 0.4) is 0 Å². The Morgan fingerprint density at radius 3 is 2.35 bits per heavy atom. The number of hydrogen-bond donors (Lipinski definition) is 2. The van der Waals surface area contributed by atoms with Crippen molar-refractivity contribution in [2.24, 2.45) is 5.73 Å². The van der Waals surface area contributed by atoms with Gasteiger partial charge in [-0.3, -0.25) is 0 Å². The van der Waals surface area contributed by atoms with Crippen LogP contribution in [0, 0.1) is 0 Å². The van der Waals surface area contributed by atoms with Gasteiger partial charge in [-0.1, -0.05) is 20.3 Å². The van der Waals surface area contributed by atoms with Gasteiger partial charge in [-0.15, -0.1) is 0 Å². The molecule has 3 N–H and O–H groups in total. The van der Waals surface area contributed by atoms with Crippen LogP contribution in [-0.4, -0.2) is 33.6 Å². The highest BCUT2D eigenvalue weighted by atomic mass is 32.2. The molecule has 1 saturated heterocycles. The summed E-state index contributed by atoms with van der Waals surface area (Å²) in [6, 6.07) is 6.97. The highest BCUT2D eigenvalue weighted by Gasteiger charge is 2.38. The van der Waals surface area contributed by atoms with E-state index in [0.717, 1.165) is 31.6 Å². The molecule has 5 nitrogen and oxygen atoms in total. The molecule has 6 heteroatoms. The van der Waals surface area contributed by atoms with E-state index in [1.54, 1.807) is 19.1 Å². The molecule has 0 saturated carbocycles. The van der Waals surface area contributed by atoms with Gasteiger partial charge < -0.3 is 10.6 Å². The lowest BCUT2D eigenvalue weighted by atomic mass is 9.86. The zero-order chi connectivity index (χ0) is 14.8. The molecule has 0 aromatic heterocycles. The standard InChI is InChI=1S/C14H23N3O2S/c1-3-9-14(15)10-17(11-14)12-5-7-13(8-6-12)20(18,19)16-4-2/h5-8,16H,3-4,9-11,15H2,1-2H3. The predicted molar refractivity (Wildman–Crippen MR) is 81.3 cm³/mol. The van der Waals surface area contributed by atoms with Gasteiger partial charge in [-0.2, -0.15) is 0 Å². The van der Waals surface area contributed by atoms with Gasteiger partial charge in [0.15, 0.2) is 0 Å². The maximum Gasteiger partial charge on any atom is 0.240 e. The molecule has 1 aromatic rings. The topological polar surface area (TPSA) is 75.4 Å². The number of nitrogens with two attached hydrogens (primary N) is 1. The van der Waals surface area contributed by atoms with E-state index in [1.807, 2.05) is 12.1 Å². The molecule has 1 aromatic carbocycles. The van der Waals surface area contributed by atoms with Crippen LogP contribution in [0.15, 0.2) is 29.2 Å². The van der Waals surface area contributed by atoms with Gasteiger partial charge in [0, 0.05) is 25.3 Å². The smallest absolute Gasteiger partial charge is 0.240 e. The van der Waals surface area contributed by atoms with Gasteiger partial charge in [0.05, 0.1) is 10.4 Å². The third-order valence-electron chi connectivity index (χ3n) is 3.61. The van der Waals surface area contributed by atoms with Crippen LogP contribution in [0.2, 0.25) is 0 Å². The molecule has 1 aliphatic heterocycles. The van der Waals surface area contributed by atoms with E-state index in [4.69, 9.17) is 5.73 Å². The van der Waals surface area contributed by atoms with Crippen molar-refractivity contribution in [3.8, 4) is 0 Å². The average Bonchev–Trinajstić information content (AvgIpc) is 2.36. The molecule has 20 heavy (non-hydrogen) atoms. The molecular weight excluding hydrogens is 274 g/mol. The number of benzene rings is 1. The Hall–Kier alpha value is -1.11. The minimum absolute atomic E-state index is 0.0801. The molecule has 0 amide bonds. The quantitative estimate of drug-likeness (QED) is 0.830. The molecule has 0 bridgehead atoms. The SMILES string of the molecule is CCCC1(N)CN(c2ccc(S(=O)(=O)NCC)cc2)C1. The van der Waals surface area contributed by atoms with Gasteiger partial charge >= 0.3 is 0 Å². The Labute approximate surface area is 121 Å². The van der Waals surface area contributed by atoms with Crippen LogP contribution in [-0.2, 0) is 10.0 Å². The number of anilines is 1. The fourth-order valence-corrected chi connectivity index (χ4v) is 3.70. The summed E-state index contributed by atoms with van der Waals surface area (Å²) < 4.78 is 26.2. The zero-order valence-corrected chi connectivity index (χ0v) is 12.9. The van der Waals surface area contributed by atoms with Gasteiger partial charge in [0.25, 0.3) is 0 Å². The number of hydrogen-bond acceptors (Lipinski definition) is 4. The van der Waals surface area contributed by atoms with Crippen molar-refractivity contribution in [2.75, 3.05) is 24.5 Å². The second kappa shape index (κ2) is 5.71. The lowest BCUT2D eigenvalue weighted by Gasteiger charge is -2.49. The van der Waals surface area contributed by atoms with Crippen molar-refractivity contribution < 1.29 is 8.42 Å². The first kappa shape index (κ1) is 15.3. The van der Waals surface area contributed by atoms with Crippen molar-refractivity contribution in [2.45, 2.75) is 37.1 Å². The summed E-state index contributed by atoms with van der Waals surface area (Å²) in [5.41, 5.74) is 7.18. The lowest BCUT2D eigenvalue weighted by molar-refractivity contribution is 0.308. The van der Waals surface area contributed by atoms with Gasteiger partial charge in [-0.25, -0.2) is 13.1 Å². The minimum Gasteiger partial charge on any atom is -0.368 e. The molecular formula is C14H23N3O2S. The second-order valence-electron chi connectivity index (χ2n) is 5.46. The number of rotatable bonds is 6. The van der Waals surface area contributed by atoms with Crippen LogP contribution in [0.5, 0.6) is 0 Å². The summed E-state index contributed by atoms with van der Waals surface area (Å²) >= 11 is 0. The van der Waals surface area contributed by atoms with Crippen LogP contribution in [0.1, 0.15) is 26.7 Å². The fourth-order valence-electron chi connectivity index (χ4n) is 2.66. The van der Waals surface area contributed by atoms with Crippen molar-refractivity contribution in [1.29, 1.82) is 0 Å². The highest BCUT2D eigenvalue weighted by molar-refractivity contribution is 7.89. The number of nitrogens with one attached hydrogen (secondary N) is 1. The summed E-state index contributed by atoms with van der Waals surface area (Å²) in [6.45, 7) is 5.96. The Morgan fingerprint density at radius 1 is 1.25 bits per heavy atom. The molecule has 1 heterocycles.